The van der Waals surface area contributed by atoms with E-state index in [0.717, 1.165) is 27.3 Å². The number of pyridine rings is 1. The third-order valence-corrected chi connectivity index (χ3v) is 4.47. The molecule has 1 amide bonds. The van der Waals surface area contributed by atoms with Crippen molar-refractivity contribution in [3.8, 4) is 5.69 Å². The third kappa shape index (κ3) is 4.07. The van der Waals surface area contributed by atoms with Gasteiger partial charge in [-0.05, 0) is 56.3 Å². The Kier molecular flexibility index (Phi) is 5.30. The van der Waals surface area contributed by atoms with Gasteiger partial charge in [0.1, 0.15) is 5.56 Å². The summed E-state index contributed by atoms with van der Waals surface area (Å²) >= 11 is 0. The van der Waals surface area contributed by atoms with E-state index in [2.05, 4.69) is 0 Å². The number of carbonyl (C=O) groups excluding carboxylic acids is 1. The summed E-state index contributed by atoms with van der Waals surface area (Å²) in [6.45, 7) is 3.44. The summed E-state index contributed by atoms with van der Waals surface area (Å²) < 4.78 is 40.2. The molecule has 0 saturated carbocycles. The van der Waals surface area contributed by atoms with Crippen molar-refractivity contribution in [3.05, 3.63) is 93.4 Å². The van der Waals surface area contributed by atoms with E-state index < -0.39 is 23.2 Å². The van der Waals surface area contributed by atoms with Gasteiger partial charge < -0.3 is 0 Å². The van der Waals surface area contributed by atoms with Crippen LogP contribution in [0.15, 0.2) is 65.5 Å². The second kappa shape index (κ2) is 7.56. The largest absolute Gasteiger partial charge is 0.416 e. The Morgan fingerprint density at radius 2 is 1.66 bits per heavy atom. The minimum Gasteiger partial charge on any atom is -0.281 e. The van der Waals surface area contributed by atoms with Gasteiger partial charge in [-0.25, -0.2) is 10.9 Å². The van der Waals surface area contributed by atoms with Gasteiger partial charge in [-0.15, -0.1) is 0 Å². The smallest absolute Gasteiger partial charge is 0.281 e. The van der Waals surface area contributed by atoms with Crippen LogP contribution in [0.4, 0.5) is 18.9 Å². The molecular formula is C21H18F3N3O2. The molecule has 1 heterocycles. The second-order valence-electron chi connectivity index (χ2n) is 6.59. The number of rotatable bonds is 3. The molecule has 0 atom stereocenters. The maximum Gasteiger partial charge on any atom is 0.416 e. The number of benzene rings is 2. The molecule has 0 aliphatic heterocycles. The van der Waals surface area contributed by atoms with E-state index in [-0.39, 0.29) is 11.3 Å². The maximum absolute atomic E-state index is 13.0. The van der Waals surface area contributed by atoms with Crippen LogP contribution in [0, 0.1) is 13.8 Å². The van der Waals surface area contributed by atoms with Gasteiger partial charge in [0.05, 0.1) is 11.3 Å². The number of nitrogens with zero attached hydrogens (tertiary/aromatic N) is 2. The molecule has 5 nitrogen and oxygen atoms in total. The molecule has 2 N–H and O–H groups in total. The Labute approximate surface area is 164 Å². The Morgan fingerprint density at radius 1 is 1.00 bits per heavy atom. The highest BCUT2D eigenvalue weighted by Crippen LogP contribution is 2.30. The van der Waals surface area contributed by atoms with Crippen LogP contribution in [0.2, 0.25) is 0 Å². The highest BCUT2D eigenvalue weighted by molar-refractivity contribution is 6.05. The Balaban J connectivity index is 2.07. The zero-order valence-corrected chi connectivity index (χ0v) is 15.7. The Morgan fingerprint density at radius 3 is 2.28 bits per heavy atom. The zero-order valence-electron chi connectivity index (χ0n) is 15.7. The minimum atomic E-state index is -4.56. The van der Waals surface area contributed by atoms with E-state index in [1.165, 1.54) is 24.3 Å². The average molecular weight is 401 g/mol. The zero-order chi connectivity index (χ0) is 21.3. The average Bonchev–Trinajstić information content (AvgIpc) is 2.67. The fourth-order valence-electron chi connectivity index (χ4n) is 2.89. The van der Waals surface area contributed by atoms with E-state index in [1.54, 1.807) is 31.2 Å². The van der Waals surface area contributed by atoms with Gasteiger partial charge in [-0.1, -0.05) is 23.8 Å². The quantitative estimate of drug-likeness (QED) is 0.410. The minimum absolute atomic E-state index is 0.0101. The molecular weight excluding hydrogens is 383 g/mol. The number of hydrazine groups is 1. The first-order valence-corrected chi connectivity index (χ1v) is 8.65. The summed E-state index contributed by atoms with van der Waals surface area (Å²) in [7, 11) is 0. The van der Waals surface area contributed by atoms with Gasteiger partial charge in [0.15, 0.2) is 0 Å². The number of aryl methyl sites for hydroxylation is 2. The molecule has 2 aromatic carbocycles. The number of anilines is 1. The second-order valence-corrected chi connectivity index (χ2v) is 6.59. The number of hydrogen-bond acceptors (Lipinski definition) is 3. The summed E-state index contributed by atoms with van der Waals surface area (Å²) in [6.07, 6.45) is -4.56. The molecule has 8 heteroatoms. The number of hydrogen-bond donors (Lipinski definition) is 1. The van der Waals surface area contributed by atoms with E-state index in [0.29, 0.717) is 11.4 Å². The molecule has 0 spiro atoms. The van der Waals surface area contributed by atoms with Crippen LogP contribution in [0.5, 0.6) is 0 Å². The number of amides is 1. The SMILES string of the molecule is Cc1ccc(N(N)C(=O)c2ccc(C)n(-c3cccc(C(F)(F)F)c3)c2=O)cc1. The molecule has 0 bridgehead atoms. The predicted octanol–water partition coefficient (Wildman–Crippen LogP) is 3.99. The van der Waals surface area contributed by atoms with E-state index in [4.69, 9.17) is 5.84 Å². The molecule has 0 aliphatic rings. The standard InChI is InChI=1S/C21H18F3N3O2/c1-13-6-9-16(10-7-13)27(25)20(29)18-11-8-14(2)26(19(18)28)17-5-3-4-15(12-17)21(22,23)24/h3-12H,25H2,1-2H3. The van der Waals surface area contributed by atoms with Crippen LogP contribution < -0.4 is 16.4 Å². The molecule has 0 unspecified atom stereocenters. The van der Waals surface area contributed by atoms with Crippen LogP contribution in [-0.4, -0.2) is 10.5 Å². The van der Waals surface area contributed by atoms with Gasteiger partial charge in [0, 0.05) is 11.4 Å². The lowest BCUT2D eigenvalue weighted by Crippen LogP contribution is -2.41. The Hall–Kier alpha value is -3.39. The predicted molar refractivity (Wildman–Crippen MR) is 104 cm³/mol. The van der Waals surface area contributed by atoms with Crippen LogP contribution >= 0.6 is 0 Å². The van der Waals surface area contributed by atoms with Gasteiger partial charge >= 0.3 is 6.18 Å². The lowest BCUT2D eigenvalue weighted by Gasteiger charge is -2.18. The highest BCUT2D eigenvalue weighted by atomic mass is 19.4. The van der Waals surface area contributed by atoms with Gasteiger partial charge in [-0.3, -0.25) is 14.2 Å². The van der Waals surface area contributed by atoms with Crippen molar-refractivity contribution in [2.45, 2.75) is 20.0 Å². The summed E-state index contributed by atoms with van der Waals surface area (Å²) in [5.41, 5.74) is -0.158. The van der Waals surface area contributed by atoms with Crippen LogP contribution in [0.1, 0.15) is 27.2 Å². The van der Waals surface area contributed by atoms with Crippen molar-refractivity contribution < 1.29 is 18.0 Å². The van der Waals surface area contributed by atoms with Gasteiger partial charge in [-0.2, -0.15) is 13.2 Å². The summed E-state index contributed by atoms with van der Waals surface area (Å²) in [5.74, 6) is 5.12. The van der Waals surface area contributed by atoms with Crippen LogP contribution in [-0.2, 0) is 6.18 Å². The first-order chi connectivity index (χ1) is 13.6. The van der Waals surface area contributed by atoms with Gasteiger partial charge in [0.2, 0.25) is 0 Å². The number of halogens is 3. The third-order valence-electron chi connectivity index (χ3n) is 4.47. The van der Waals surface area contributed by atoms with Crippen LogP contribution in [0.3, 0.4) is 0 Å². The first-order valence-electron chi connectivity index (χ1n) is 8.65. The van der Waals surface area contributed by atoms with Crippen LogP contribution in [0.25, 0.3) is 5.69 Å². The molecule has 1 aromatic heterocycles. The number of alkyl halides is 3. The van der Waals surface area contributed by atoms with E-state index >= 15 is 0 Å². The Bertz CT molecular complexity index is 1120. The van der Waals surface area contributed by atoms with Crippen molar-refractivity contribution in [2.75, 3.05) is 5.01 Å². The summed E-state index contributed by atoms with van der Waals surface area (Å²) in [4.78, 5) is 25.7. The molecule has 150 valence electrons. The van der Waals surface area contributed by atoms with Crippen molar-refractivity contribution in [1.29, 1.82) is 0 Å². The van der Waals surface area contributed by atoms with Crippen molar-refractivity contribution in [2.24, 2.45) is 5.84 Å². The normalized spacial score (nSPS) is 11.4. The fraction of sp³-hybridized carbons (Fsp3) is 0.143. The molecule has 29 heavy (non-hydrogen) atoms. The first kappa shape index (κ1) is 20.3. The van der Waals surface area contributed by atoms with Gasteiger partial charge in [0.25, 0.3) is 11.5 Å². The summed E-state index contributed by atoms with van der Waals surface area (Å²) in [6, 6.07) is 13.9. The molecule has 3 aromatic rings. The molecule has 3 rings (SSSR count). The lowest BCUT2D eigenvalue weighted by atomic mass is 10.1. The molecule has 0 radical (unpaired) electrons. The van der Waals surface area contributed by atoms with Crippen molar-refractivity contribution in [3.63, 3.8) is 0 Å². The maximum atomic E-state index is 13.0. The van der Waals surface area contributed by atoms with E-state index in [1.807, 2.05) is 6.92 Å². The number of aromatic nitrogens is 1. The van der Waals surface area contributed by atoms with Crippen molar-refractivity contribution in [1.82, 2.24) is 4.57 Å². The lowest BCUT2D eigenvalue weighted by molar-refractivity contribution is -0.137. The fourth-order valence-corrected chi connectivity index (χ4v) is 2.89. The number of nitrogens with two attached hydrogens (primary N) is 1. The molecule has 0 aliphatic carbocycles. The highest BCUT2D eigenvalue weighted by Gasteiger charge is 2.31. The molecule has 0 fully saturated rings. The summed E-state index contributed by atoms with van der Waals surface area (Å²) in [5, 5.41) is 0.835. The van der Waals surface area contributed by atoms with E-state index in [9.17, 15) is 22.8 Å². The topological polar surface area (TPSA) is 68.3 Å². The monoisotopic (exact) mass is 401 g/mol. The number of carbonyl (C=O) groups is 1. The van der Waals surface area contributed by atoms with Crippen molar-refractivity contribution >= 4 is 11.6 Å². The molecule has 0 saturated heterocycles.